The Hall–Kier alpha value is -0.570. The van der Waals surface area contributed by atoms with Crippen LogP contribution in [-0.4, -0.2) is 17.6 Å². The van der Waals surface area contributed by atoms with Crippen molar-refractivity contribution in [1.29, 1.82) is 0 Å². The van der Waals surface area contributed by atoms with E-state index < -0.39 is 5.54 Å². The first kappa shape index (κ1) is 9.97. The highest BCUT2D eigenvalue weighted by atomic mass is 16.5. The van der Waals surface area contributed by atoms with Gasteiger partial charge in [0.1, 0.15) is 11.6 Å². The summed E-state index contributed by atoms with van der Waals surface area (Å²) < 4.78 is 5.50. The number of nitrogens with two attached hydrogens (primary N) is 1. The van der Waals surface area contributed by atoms with Crippen molar-refractivity contribution in [2.75, 3.05) is 0 Å². The van der Waals surface area contributed by atoms with Crippen LogP contribution in [0.5, 0.6) is 0 Å². The molecule has 2 N–H and O–H groups in total. The highest BCUT2D eigenvalue weighted by Crippen LogP contribution is 2.40. The normalized spacial score (nSPS) is 26.0. The van der Waals surface area contributed by atoms with Gasteiger partial charge in [0.15, 0.2) is 0 Å². The summed E-state index contributed by atoms with van der Waals surface area (Å²) >= 11 is 0. The molecular weight excluding hydrogens is 178 g/mol. The van der Waals surface area contributed by atoms with Crippen LogP contribution >= 0.6 is 0 Å². The van der Waals surface area contributed by atoms with Crippen molar-refractivity contribution in [3.8, 4) is 0 Å². The van der Waals surface area contributed by atoms with Gasteiger partial charge in [0.05, 0.1) is 0 Å². The average Bonchev–Trinajstić information content (AvgIpc) is 2.94. The molecule has 2 aliphatic rings. The smallest absolute Gasteiger partial charge is 0.326 e. The Morgan fingerprint density at radius 1 is 1.43 bits per heavy atom. The molecule has 0 radical (unpaired) electrons. The molecule has 2 rings (SSSR count). The standard InChI is InChI=1S/C11H19NO2/c1-7(2)9(8-3-4-8)14-10(13)11(12)5-6-11/h7-9H,3-6,12H2,1-2H3. The largest absolute Gasteiger partial charge is 0.460 e. The molecule has 0 aromatic heterocycles. The van der Waals surface area contributed by atoms with Crippen LogP contribution in [0.2, 0.25) is 0 Å². The Bertz CT molecular complexity index is 240. The summed E-state index contributed by atoms with van der Waals surface area (Å²) in [6, 6.07) is 0. The number of hydrogen-bond acceptors (Lipinski definition) is 3. The summed E-state index contributed by atoms with van der Waals surface area (Å²) in [5.41, 5.74) is 5.16. The van der Waals surface area contributed by atoms with Crippen molar-refractivity contribution >= 4 is 5.97 Å². The predicted octanol–water partition coefficient (Wildman–Crippen LogP) is 1.46. The lowest BCUT2D eigenvalue weighted by Crippen LogP contribution is -2.39. The van der Waals surface area contributed by atoms with Gasteiger partial charge in [-0.05, 0) is 37.5 Å². The second kappa shape index (κ2) is 3.23. The van der Waals surface area contributed by atoms with E-state index in [1.165, 1.54) is 12.8 Å². The molecular formula is C11H19NO2. The average molecular weight is 197 g/mol. The SMILES string of the molecule is CC(C)C(OC(=O)C1(N)CC1)C1CC1. The van der Waals surface area contributed by atoms with Gasteiger partial charge in [0.25, 0.3) is 0 Å². The summed E-state index contributed by atoms with van der Waals surface area (Å²) in [5, 5.41) is 0. The van der Waals surface area contributed by atoms with E-state index in [-0.39, 0.29) is 12.1 Å². The number of hydrogen-bond donors (Lipinski definition) is 1. The number of carbonyl (C=O) groups excluding carboxylic acids is 1. The fraction of sp³-hybridized carbons (Fsp3) is 0.909. The Morgan fingerprint density at radius 3 is 2.36 bits per heavy atom. The van der Waals surface area contributed by atoms with E-state index in [1.54, 1.807) is 0 Å². The first-order valence-electron chi connectivity index (χ1n) is 5.53. The summed E-state index contributed by atoms with van der Waals surface area (Å²) in [6.45, 7) is 4.21. The van der Waals surface area contributed by atoms with Crippen LogP contribution in [0.3, 0.4) is 0 Å². The van der Waals surface area contributed by atoms with Crippen LogP contribution in [0, 0.1) is 11.8 Å². The van der Waals surface area contributed by atoms with E-state index >= 15 is 0 Å². The third-order valence-electron chi connectivity index (χ3n) is 3.18. The quantitative estimate of drug-likeness (QED) is 0.694. The van der Waals surface area contributed by atoms with E-state index in [2.05, 4.69) is 13.8 Å². The maximum Gasteiger partial charge on any atom is 0.326 e. The van der Waals surface area contributed by atoms with Gasteiger partial charge in [-0.3, -0.25) is 4.79 Å². The minimum atomic E-state index is -0.623. The molecule has 3 heteroatoms. The van der Waals surface area contributed by atoms with Crippen LogP contribution in [-0.2, 0) is 9.53 Å². The molecule has 1 atom stereocenters. The summed E-state index contributed by atoms with van der Waals surface area (Å²) in [5.74, 6) is 0.832. The highest BCUT2D eigenvalue weighted by Gasteiger charge is 2.49. The number of ether oxygens (including phenoxy) is 1. The molecule has 2 aliphatic carbocycles. The van der Waals surface area contributed by atoms with E-state index in [0.717, 1.165) is 12.8 Å². The molecule has 0 aromatic carbocycles. The third kappa shape index (κ3) is 1.92. The lowest BCUT2D eigenvalue weighted by Gasteiger charge is -2.22. The summed E-state index contributed by atoms with van der Waals surface area (Å²) in [4.78, 5) is 11.6. The van der Waals surface area contributed by atoms with Gasteiger partial charge in [-0.2, -0.15) is 0 Å². The van der Waals surface area contributed by atoms with E-state index in [4.69, 9.17) is 10.5 Å². The lowest BCUT2D eigenvalue weighted by molar-refractivity contribution is -0.155. The van der Waals surface area contributed by atoms with Gasteiger partial charge in [-0.15, -0.1) is 0 Å². The second-order valence-electron chi connectivity index (χ2n) is 5.11. The Morgan fingerprint density at radius 2 is 2.00 bits per heavy atom. The van der Waals surface area contributed by atoms with E-state index in [0.29, 0.717) is 11.8 Å². The zero-order valence-corrected chi connectivity index (χ0v) is 8.95. The Balaban J connectivity index is 1.90. The summed E-state index contributed by atoms with van der Waals surface area (Å²) in [7, 11) is 0. The van der Waals surface area contributed by atoms with Crippen LogP contribution in [0.4, 0.5) is 0 Å². The van der Waals surface area contributed by atoms with Crippen molar-refractivity contribution in [2.45, 2.75) is 51.2 Å². The van der Waals surface area contributed by atoms with Gasteiger partial charge in [0.2, 0.25) is 0 Å². The monoisotopic (exact) mass is 197 g/mol. The van der Waals surface area contributed by atoms with Crippen molar-refractivity contribution in [2.24, 2.45) is 17.6 Å². The van der Waals surface area contributed by atoms with E-state index in [1.807, 2.05) is 0 Å². The zero-order valence-electron chi connectivity index (χ0n) is 8.95. The van der Waals surface area contributed by atoms with E-state index in [9.17, 15) is 4.79 Å². The molecule has 2 saturated carbocycles. The topological polar surface area (TPSA) is 52.3 Å². The van der Waals surface area contributed by atoms with Gasteiger partial charge in [0, 0.05) is 0 Å². The van der Waals surface area contributed by atoms with Gasteiger partial charge in [-0.25, -0.2) is 0 Å². The molecule has 14 heavy (non-hydrogen) atoms. The molecule has 0 spiro atoms. The van der Waals surface area contributed by atoms with Gasteiger partial charge < -0.3 is 10.5 Å². The first-order chi connectivity index (χ1) is 6.53. The number of esters is 1. The Kier molecular flexibility index (Phi) is 2.30. The predicted molar refractivity (Wildman–Crippen MR) is 53.6 cm³/mol. The molecule has 0 bridgehead atoms. The van der Waals surface area contributed by atoms with Crippen molar-refractivity contribution < 1.29 is 9.53 Å². The minimum absolute atomic E-state index is 0.100. The lowest BCUT2D eigenvalue weighted by atomic mass is 10.0. The molecule has 80 valence electrons. The molecule has 2 fully saturated rings. The van der Waals surface area contributed by atoms with Crippen molar-refractivity contribution in [3.63, 3.8) is 0 Å². The number of rotatable bonds is 4. The third-order valence-corrected chi connectivity index (χ3v) is 3.18. The molecule has 1 unspecified atom stereocenters. The molecule has 0 heterocycles. The van der Waals surface area contributed by atoms with Gasteiger partial charge >= 0.3 is 5.97 Å². The maximum absolute atomic E-state index is 11.6. The van der Waals surface area contributed by atoms with Crippen LogP contribution in [0.25, 0.3) is 0 Å². The molecule has 3 nitrogen and oxygen atoms in total. The van der Waals surface area contributed by atoms with Crippen molar-refractivity contribution in [3.05, 3.63) is 0 Å². The molecule has 0 aromatic rings. The maximum atomic E-state index is 11.6. The molecule has 0 aliphatic heterocycles. The van der Waals surface area contributed by atoms with Crippen LogP contribution in [0.1, 0.15) is 39.5 Å². The fourth-order valence-electron chi connectivity index (χ4n) is 1.78. The van der Waals surface area contributed by atoms with Crippen LogP contribution in [0.15, 0.2) is 0 Å². The molecule has 0 amide bonds. The fourth-order valence-corrected chi connectivity index (χ4v) is 1.78. The highest BCUT2D eigenvalue weighted by molar-refractivity contribution is 5.84. The van der Waals surface area contributed by atoms with Crippen LogP contribution < -0.4 is 5.73 Å². The second-order valence-corrected chi connectivity index (χ2v) is 5.11. The Labute approximate surface area is 85.0 Å². The number of carbonyl (C=O) groups is 1. The van der Waals surface area contributed by atoms with Crippen molar-refractivity contribution in [1.82, 2.24) is 0 Å². The summed E-state index contributed by atoms with van der Waals surface area (Å²) in [6.07, 6.45) is 4.09. The molecule has 0 saturated heterocycles. The zero-order chi connectivity index (χ0) is 10.3. The minimum Gasteiger partial charge on any atom is -0.460 e. The first-order valence-corrected chi connectivity index (χ1v) is 5.53. The van der Waals surface area contributed by atoms with Gasteiger partial charge in [-0.1, -0.05) is 13.8 Å².